The van der Waals surface area contributed by atoms with Gasteiger partial charge in [-0.2, -0.15) is 0 Å². The highest BCUT2D eigenvalue weighted by Gasteiger charge is 2.44. The number of nitrogens with one attached hydrogen (secondary N) is 4. The molecule has 0 saturated carbocycles. The van der Waals surface area contributed by atoms with Gasteiger partial charge in [0, 0.05) is 127 Å². The minimum atomic E-state index is -0.846. The van der Waals surface area contributed by atoms with Crippen LogP contribution in [0.15, 0.2) is 78.4 Å². The van der Waals surface area contributed by atoms with Crippen LogP contribution in [0.1, 0.15) is 156 Å². The fourth-order valence-electron chi connectivity index (χ4n) is 12.9. The standard InChI is InChI=1S/C72H109N11O10S/c1-17-48(8)66(82(13)70(90)57(45(2)3)37-49(9)65(47(6)7)81(11)12)61(92-14)41-63(87)83-36-24-28-58(83)67(93-15)50(10)59(84)40-54(38-56-27-21-22-34-74-56)68(88)76-42-51-30-32-55(33-31-51)79-69(89)53(26-23-35-75-71(73)91)39-60(85)64(46(4)5)80-62(86)29-20-18-19-25-52-43-77-72(94-16)78-44-52/h21-22,27,30-34,43-48,50,53-54,57-58,61,64-67H,9,17-18,20,23-24,26,28-29,35-42H2,1-8,10-16H3,(H,76,88)(H,79,89)(H,80,86)(H3,73,75,91)/t48-,50-,53+,54+,57-,58-,61+,64-,65-,66-,67+/m0/s1. The highest BCUT2D eigenvalue weighted by atomic mass is 32.2. The summed E-state index contributed by atoms with van der Waals surface area (Å²) >= 11 is 1.43. The summed E-state index contributed by atoms with van der Waals surface area (Å²) < 4.78 is 12.3. The van der Waals surface area contributed by atoms with Crippen molar-refractivity contribution in [1.29, 1.82) is 0 Å². The summed E-state index contributed by atoms with van der Waals surface area (Å²) in [5.41, 5.74) is 8.77. The second-order valence-corrected chi connectivity index (χ2v) is 27.2. The summed E-state index contributed by atoms with van der Waals surface area (Å²) in [7, 11) is 9.06. The molecule has 0 spiro atoms. The van der Waals surface area contributed by atoms with Gasteiger partial charge in [-0.05, 0) is 112 Å². The number of carbonyl (C=O) groups excluding carboxylic acids is 8. The Morgan fingerprint density at radius 1 is 0.809 bits per heavy atom. The van der Waals surface area contributed by atoms with E-state index in [4.69, 9.17) is 15.2 Å². The molecule has 2 aromatic heterocycles. The number of benzene rings is 1. The Bertz CT molecular complexity index is 2980. The zero-order chi connectivity index (χ0) is 69.8. The van der Waals surface area contributed by atoms with E-state index in [2.05, 4.69) is 101 Å². The Morgan fingerprint density at radius 3 is 2.06 bits per heavy atom. The van der Waals surface area contributed by atoms with Crippen molar-refractivity contribution in [2.75, 3.05) is 60.0 Å². The second kappa shape index (κ2) is 40.4. The van der Waals surface area contributed by atoms with Gasteiger partial charge in [-0.25, -0.2) is 14.8 Å². The van der Waals surface area contributed by atoms with Crippen LogP contribution in [0.4, 0.5) is 10.5 Å². The van der Waals surface area contributed by atoms with Crippen LogP contribution in [0.25, 0.3) is 0 Å². The largest absolute Gasteiger partial charge is 0.379 e. The van der Waals surface area contributed by atoms with Gasteiger partial charge in [0.1, 0.15) is 5.78 Å². The second-order valence-electron chi connectivity index (χ2n) is 26.5. The monoisotopic (exact) mass is 1320 g/mol. The highest BCUT2D eigenvalue weighted by Crippen LogP contribution is 2.33. The number of thioether (sulfide) groups is 1. The molecule has 21 nitrogen and oxygen atoms in total. The molecule has 7 amide bonds. The molecular weight excluding hydrogens is 1210 g/mol. The van der Waals surface area contributed by atoms with Crippen molar-refractivity contribution < 1.29 is 47.8 Å². The van der Waals surface area contributed by atoms with E-state index in [-0.39, 0.29) is 117 Å². The summed E-state index contributed by atoms with van der Waals surface area (Å²) in [6.07, 6.45) is 9.72. The first-order valence-electron chi connectivity index (χ1n) is 33.4. The molecule has 1 aliphatic rings. The molecule has 0 aliphatic carbocycles. The van der Waals surface area contributed by atoms with Crippen LogP contribution in [-0.4, -0.2) is 168 Å². The quantitative estimate of drug-likeness (QED) is 0.0117. The minimum Gasteiger partial charge on any atom is -0.379 e. The fraction of sp³-hybridized carbons (Fsp3) is 0.625. The molecule has 0 unspecified atom stereocenters. The van der Waals surface area contributed by atoms with Crippen molar-refractivity contribution in [2.24, 2.45) is 53.1 Å². The van der Waals surface area contributed by atoms with Crippen molar-refractivity contribution in [2.45, 2.75) is 194 Å². The first-order chi connectivity index (χ1) is 44.6. The molecule has 94 heavy (non-hydrogen) atoms. The topological polar surface area (TPSA) is 278 Å². The number of methoxy groups -OCH3 is 2. The molecule has 1 aromatic carbocycles. The lowest BCUT2D eigenvalue weighted by atomic mass is 9.82. The van der Waals surface area contributed by atoms with E-state index >= 15 is 0 Å². The lowest BCUT2D eigenvalue weighted by Crippen LogP contribution is -2.54. The number of ether oxygens (including phenoxy) is 2. The molecule has 4 rings (SSSR count). The maximum Gasteiger partial charge on any atom is 0.312 e. The number of urea groups is 1. The molecule has 1 fully saturated rings. The molecule has 1 aliphatic heterocycles. The van der Waals surface area contributed by atoms with Crippen molar-refractivity contribution in [3.05, 3.63) is 90.0 Å². The third-order valence-electron chi connectivity index (χ3n) is 18.2. The lowest BCUT2D eigenvalue weighted by Gasteiger charge is -2.41. The summed E-state index contributed by atoms with van der Waals surface area (Å²) in [4.78, 5) is 129. The number of amides is 7. The Kier molecular flexibility index (Phi) is 34.1. The number of nitrogens with zero attached hydrogens (tertiary/aromatic N) is 6. The van der Waals surface area contributed by atoms with Gasteiger partial charge in [-0.1, -0.05) is 123 Å². The number of hydrogen-bond acceptors (Lipinski definition) is 15. The van der Waals surface area contributed by atoms with Crippen LogP contribution in [0.5, 0.6) is 0 Å². The zero-order valence-electron chi connectivity index (χ0n) is 58.6. The van der Waals surface area contributed by atoms with E-state index in [1.165, 1.54) is 11.8 Å². The van der Waals surface area contributed by atoms with Gasteiger partial charge in [-0.15, -0.1) is 0 Å². The predicted octanol–water partition coefficient (Wildman–Crippen LogP) is 9.08. The Labute approximate surface area is 564 Å². The number of pyridine rings is 1. The SMILES string of the molecule is C=C(C[C@H](C(=O)N(C)[C@@H]([C@@H](C)CC)[C@@H](CC(=O)N1CCC[C@H]1[C@H](OC)[C@@H](C)C(=O)C[C@@H](Cc1ccccn1)C(=O)NCc1ccc(NC(=O)[C@H](CCCNC(N)=O)CC(=O)[C@@H](NC(=O)CCCC#Cc2cnc(SC)nc2)C(C)C)cc1)OC)C(C)C)[C@H](C(C)C)N(C)C. The number of ketones is 2. The van der Waals surface area contributed by atoms with Gasteiger partial charge in [0.05, 0.1) is 48.2 Å². The predicted molar refractivity (Wildman–Crippen MR) is 370 cm³/mol. The molecule has 3 aromatic rings. The molecule has 11 atom stereocenters. The van der Waals surface area contributed by atoms with Crippen molar-refractivity contribution >= 4 is 64.6 Å². The number of likely N-dealkylation sites (N-methyl/N-ethyl adjacent to an activating group) is 2. The van der Waals surface area contributed by atoms with Crippen LogP contribution in [0.3, 0.4) is 0 Å². The maximum atomic E-state index is 14.7. The van der Waals surface area contributed by atoms with Crippen LogP contribution in [-0.2, 0) is 56.0 Å². The maximum absolute atomic E-state index is 14.7. The van der Waals surface area contributed by atoms with E-state index in [9.17, 15) is 38.4 Å². The third kappa shape index (κ3) is 24.9. The lowest BCUT2D eigenvalue weighted by molar-refractivity contribution is -0.148. The van der Waals surface area contributed by atoms with Crippen LogP contribution < -0.4 is 27.0 Å². The first-order valence-corrected chi connectivity index (χ1v) is 34.6. The van der Waals surface area contributed by atoms with E-state index in [1.54, 1.807) is 70.1 Å². The number of nitrogens with two attached hydrogens (primary N) is 1. The number of rotatable bonds is 40. The molecule has 6 N–H and O–H groups in total. The van der Waals surface area contributed by atoms with E-state index in [0.717, 1.165) is 12.0 Å². The summed E-state index contributed by atoms with van der Waals surface area (Å²) in [5, 5.41) is 12.0. The normalized spacial score (nSPS) is 16.3. The number of Topliss-reactive ketones (excluding diaryl/α,β-unsaturated/α-hetero) is 2. The summed E-state index contributed by atoms with van der Waals surface area (Å²) in [6, 6.07) is 10.0. The zero-order valence-corrected chi connectivity index (χ0v) is 59.4. The van der Waals surface area contributed by atoms with Crippen LogP contribution in [0, 0.1) is 59.2 Å². The molecule has 518 valence electrons. The average Bonchev–Trinajstić information content (AvgIpc) is 1.48. The molecule has 1 saturated heterocycles. The molecule has 3 heterocycles. The van der Waals surface area contributed by atoms with Crippen molar-refractivity contribution in [3.8, 4) is 11.8 Å². The summed E-state index contributed by atoms with van der Waals surface area (Å²) in [5.74, 6) is 1.73. The Hall–Kier alpha value is -7.06. The fourth-order valence-corrected chi connectivity index (χ4v) is 13.2. The first kappa shape index (κ1) is 79.4. The molecule has 22 heteroatoms. The number of likely N-dealkylation sites (tertiary alicyclic amines) is 1. The number of anilines is 1. The van der Waals surface area contributed by atoms with Gasteiger partial charge in [-0.3, -0.25) is 38.5 Å². The van der Waals surface area contributed by atoms with E-state index < -0.39 is 60.0 Å². The minimum absolute atomic E-state index is 0.00147. The number of aromatic nitrogens is 3. The van der Waals surface area contributed by atoms with Crippen LogP contribution in [0.2, 0.25) is 0 Å². The Balaban J connectivity index is 1.43. The van der Waals surface area contributed by atoms with Crippen LogP contribution >= 0.6 is 11.8 Å². The third-order valence-corrected chi connectivity index (χ3v) is 18.8. The Morgan fingerprint density at radius 2 is 1.49 bits per heavy atom. The summed E-state index contributed by atoms with van der Waals surface area (Å²) in [6.45, 7) is 23.3. The molecule has 0 bridgehead atoms. The highest BCUT2D eigenvalue weighted by molar-refractivity contribution is 7.98. The van der Waals surface area contributed by atoms with Crippen molar-refractivity contribution in [3.63, 3.8) is 0 Å². The smallest absolute Gasteiger partial charge is 0.312 e. The molecular formula is C72H109N11O10S. The van der Waals surface area contributed by atoms with Crippen molar-refractivity contribution in [1.82, 2.24) is 45.6 Å². The van der Waals surface area contributed by atoms with E-state index in [0.29, 0.717) is 78.7 Å². The number of hydrogen-bond donors (Lipinski definition) is 5. The van der Waals surface area contributed by atoms with E-state index in [1.807, 2.05) is 63.2 Å². The number of carbonyl (C=O) groups is 8. The number of primary amides is 1. The van der Waals surface area contributed by atoms with Gasteiger partial charge in [0.25, 0.3) is 0 Å². The molecule has 0 radical (unpaired) electrons. The van der Waals surface area contributed by atoms with Gasteiger partial charge < -0.3 is 51.2 Å². The van der Waals surface area contributed by atoms with Gasteiger partial charge in [0.15, 0.2) is 10.9 Å². The number of unbranched alkanes of at least 4 members (excludes halogenated alkanes) is 1. The average molecular weight is 1320 g/mol. The van der Waals surface area contributed by atoms with Gasteiger partial charge in [0.2, 0.25) is 29.5 Å². The van der Waals surface area contributed by atoms with Gasteiger partial charge >= 0.3 is 6.03 Å².